The largest absolute Gasteiger partial charge is 0.314 e. The summed E-state index contributed by atoms with van der Waals surface area (Å²) in [4.78, 5) is 0. The van der Waals surface area contributed by atoms with Crippen LogP contribution in [0.1, 0.15) is 44.5 Å². The molecule has 2 rings (SSSR count). The Hall–Kier alpha value is -0.860. The van der Waals surface area contributed by atoms with Crippen LogP contribution >= 0.6 is 0 Å². The fraction of sp³-hybridized carbons (Fsp3) is 0.778. The summed E-state index contributed by atoms with van der Waals surface area (Å²) in [6, 6.07) is 0.729. The second kappa shape index (κ2) is 3.25. The third-order valence-electron chi connectivity index (χ3n) is 2.34. The predicted molar refractivity (Wildman–Crippen MR) is 46.9 cm³/mol. The summed E-state index contributed by atoms with van der Waals surface area (Å²) in [5.41, 5.74) is 0. The molecule has 1 aromatic heterocycles. The number of unbranched alkanes of at least 4 members (excludes halogenated alkanes) is 1. The van der Waals surface area contributed by atoms with Crippen molar-refractivity contribution in [2.45, 2.75) is 45.1 Å². The van der Waals surface area contributed by atoms with Crippen molar-refractivity contribution >= 4 is 0 Å². The van der Waals surface area contributed by atoms with Crippen LogP contribution in [0.15, 0.2) is 6.33 Å². The number of nitrogens with zero attached hydrogens (tertiary/aromatic N) is 3. The van der Waals surface area contributed by atoms with Gasteiger partial charge in [0.1, 0.15) is 12.2 Å². The quantitative estimate of drug-likeness (QED) is 0.682. The molecular formula is C9H15N3. The Bertz CT molecular complexity index is 250. The topological polar surface area (TPSA) is 30.7 Å². The van der Waals surface area contributed by atoms with Crippen molar-refractivity contribution in [2.75, 3.05) is 0 Å². The average Bonchev–Trinajstić information content (AvgIpc) is 2.83. The number of hydrogen-bond donors (Lipinski definition) is 0. The van der Waals surface area contributed by atoms with Gasteiger partial charge in [-0.15, -0.1) is 10.2 Å². The Balaban J connectivity index is 2.03. The molecular weight excluding hydrogens is 150 g/mol. The molecule has 0 radical (unpaired) electrons. The lowest BCUT2D eigenvalue weighted by molar-refractivity contribution is 0.650. The molecule has 0 unspecified atom stereocenters. The van der Waals surface area contributed by atoms with Crippen LogP contribution in [-0.4, -0.2) is 14.8 Å². The lowest BCUT2D eigenvalue weighted by Crippen LogP contribution is -2.00. The number of aromatic nitrogens is 3. The molecule has 0 aliphatic heterocycles. The molecule has 1 aromatic rings. The van der Waals surface area contributed by atoms with Crippen LogP contribution in [0.3, 0.4) is 0 Å². The van der Waals surface area contributed by atoms with Gasteiger partial charge in [0.2, 0.25) is 0 Å². The molecule has 3 heteroatoms. The average molecular weight is 165 g/mol. The van der Waals surface area contributed by atoms with Gasteiger partial charge in [0, 0.05) is 12.5 Å². The normalized spacial score (nSPS) is 16.8. The first-order chi connectivity index (χ1) is 5.92. The second-order valence-electron chi connectivity index (χ2n) is 3.49. The van der Waals surface area contributed by atoms with Gasteiger partial charge in [0.25, 0.3) is 0 Å². The van der Waals surface area contributed by atoms with Crippen LogP contribution in [-0.2, 0) is 6.42 Å². The van der Waals surface area contributed by atoms with E-state index in [9.17, 15) is 0 Å². The van der Waals surface area contributed by atoms with Gasteiger partial charge in [0.15, 0.2) is 0 Å². The van der Waals surface area contributed by atoms with Crippen molar-refractivity contribution in [1.29, 1.82) is 0 Å². The molecule has 0 atom stereocenters. The minimum absolute atomic E-state index is 0.729. The van der Waals surface area contributed by atoms with Gasteiger partial charge in [-0.3, -0.25) is 0 Å². The molecule has 1 aliphatic rings. The van der Waals surface area contributed by atoms with E-state index >= 15 is 0 Å². The fourth-order valence-corrected chi connectivity index (χ4v) is 1.44. The molecule has 3 nitrogen and oxygen atoms in total. The van der Waals surface area contributed by atoms with E-state index in [0.29, 0.717) is 0 Å². The van der Waals surface area contributed by atoms with Crippen LogP contribution in [0.2, 0.25) is 0 Å². The first kappa shape index (κ1) is 7.77. The zero-order valence-electron chi connectivity index (χ0n) is 7.53. The lowest BCUT2D eigenvalue weighted by atomic mass is 10.2. The maximum Gasteiger partial charge on any atom is 0.133 e. The first-order valence-corrected chi connectivity index (χ1v) is 4.80. The van der Waals surface area contributed by atoms with Crippen molar-refractivity contribution < 1.29 is 0 Å². The van der Waals surface area contributed by atoms with E-state index in [1.54, 1.807) is 0 Å². The minimum atomic E-state index is 0.729. The highest BCUT2D eigenvalue weighted by Crippen LogP contribution is 2.35. The number of rotatable bonds is 4. The molecule has 1 heterocycles. The summed E-state index contributed by atoms with van der Waals surface area (Å²) >= 11 is 0. The Morgan fingerprint density at radius 2 is 2.42 bits per heavy atom. The van der Waals surface area contributed by atoms with E-state index in [2.05, 4.69) is 21.7 Å². The summed E-state index contributed by atoms with van der Waals surface area (Å²) < 4.78 is 2.25. The Morgan fingerprint density at radius 3 is 3.08 bits per heavy atom. The Kier molecular flexibility index (Phi) is 2.11. The van der Waals surface area contributed by atoms with Crippen molar-refractivity contribution in [3.8, 4) is 0 Å². The second-order valence-corrected chi connectivity index (χ2v) is 3.49. The molecule has 1 fully saturated rings. The zero-order chi connectivity index (χ0) is 8.39. The summed E-state index contributed by atoms with van der Waals surface area (Å²) in [6.45, 7) is 2.21. The molecule has 0 saturated heterocycles. The standard InChI is InChI=1S/C9H15N3/c1-2-3-4-9-11-10-7-12(9)8-5-6-8/h7-8H,2-6H2,1H3. The van der Waals surface area contributed by atoms with Crippen LogP contribution in [0.5, 0.6) is 0 Å². The predicted octanol–water partition coefficient (Wildman–Crippen LogP) is 1.96. The molecule has 0 aromatic carbocycles. The van der Waals surface area contributed by atoms with E-state index in [1.807, 2.05) is 6.33 Å². The molecule has 0 amide bonds. The van der Waals surface area contributed by atoms with Gasteiger partial charge >= 0.3 is 0 Å². The highest BCUT2D eigenvalue weighted by Gasteiger charge is 2.25. The van der Waals surface area contributed by atoms with Gasteiger partial charge in [0.05, 0.1) is 0 Å². The van der Waals surface area contributed by atoms with E-state index in [4.69, 9.17) is 0 Å². The maximum atomic E-state index is 4.13. The summed E-state index contributed by atoms with van der Waals surface area (Å²) in [6.07, 6.45) is 8.06. The fourth-order valence-electron chi connectivity index (χ4n) is 1.44. The van der Waals surface area contributed by atoms with E-state index in [1.165, 1.54) is 31.5 Å². The summed E-state index contributed by atoms with van der Waals surface area (Å²) in [5, 5.41) is 8.08. The van der Waals surface area contributed by atoms with Crippen molar-refractivity contribution in [3.63, 3.8) is 0 Å². The van der Waals surface area contributed by atoms with Crippen molar-refractivity contribution in [3.05, 3.63) is 12.2 Å². The zero-order valence-corrected chi connectivity index (χ0v) is 7.53. The van der Waals surface area contributed by atoms with Gasteiger partial charge in [-0.1, -0.05) is 13.3 Å². The number of hydrogen-bond acceptors (Lipinski definition) is 2. The van der Waals surface area contributed by atoms with Crippen molar-refractivity contribution in [1.82, 2.24) is 14.8 Å². The van der Waals surface area contributed by atoms with Crippen LogP contribution in [0.4, 0.5) is 0 Å². The summed E-state index contributed by atoms with van der Waals surface area (Å²) in [5.74, 6) is 1.18. The van der Waals surface area contributed by atoms with Crippen LogP contribution in [0.25, 0.3) is 0 Å². The van der Waals surface area contributed by atoms with Crippen LogP contribution in [0, 0.1) is 0 Å². The molecule has 66 valence electrons. The molecule has 0 bridgehead atoms. The Morgan fingerprint density at radius 1 is 1.58 bits per heavy atom. The molecule has 12 heavy (non-hydrogen) atoms. The third kappa shape index (κ3) is 1.49. The van der Waals surface area contributed by atoms with E-state index in [-0.39, 0.29) is 0 Å². The maximum absolute atomic E-state index is 4.13. The molecule has 1 saturated carbocycles. The lowest BCUT2D eigenvalue weighted by Gasteiger charge is -2.02. The minimum Gasteiger partial charge on any atom is -0.314 e. The SMILES string of the molecule is CCCCc1nncn1C1CC1. The smallest absolute Gasteiger partial charge is 0.133 e. The third-order valence-corrected chi connectivity index (χ3v) is 2.34. The van der Waals surface area contributed by atoms with Crippen LogP contribution < -0.4 is 0 Å². The van der Waals surface area contributed by atoms with E-state index < -0.39 is 0 Å². The van der Waals surface area contributed by atoms with E-state index in [0.717, 1.165) is 12.5 Å². The van der Waals surface area contributed by atoms with Crippen molar-refractivity contribution in [2.24, 2.45) is 0 Å². The highest BCUT2D eigenvalue weighted by atomic mass is 15.3. The first-order valence-electron chi connectivity index (χ1n) is 4.80. The molecule has 0 N–H and O–H groups in total. The van der Waals surface area contributed by atoms with Gasteiger partial charge in [-0.25, -0.2) is 0 Å². The Labute approximate surface area is 72.8 Å². The molecule has 1 aliphatic carbocycles. The highest BCUT2D eigenvalue weighted by molar-refractivity contribution is 4.94. The van der Waals surface area contributed by atoms with Gasteiger partial charge in [-0.2, -0.15) is 0 Å². The molecule has 0 spiro atoms. The van der Waals surface area contributed by atoms with Gasteiger partial charge < -0.3 is 4.57 Å². The monoisotopic (exact) mass is 165 g/mol. The number of aryl methyl sites for hydroxylation is 1. The summed E-state index contributed by atoms with van der Waals surface area (Å²) in [7, 11) is 0. The van der Waals surface area contributed by atoms with Gasteiger partial charge in [-0.05, 0) is 19.3 Å².